The molecule has 136 valence electrons. The van der Waals surface area contributed by atoms with Crippen LogP contribution in [-0.4, -0.2) is 33.6 Å². The SMILES string of the molecule is CCC(C)N1C(=O)c2ccc(C(=O)NC(C)c3csc(C)n3)cc2C1=O. The van der Waals surface area contributed by atoms with Crippen LogP contribution >= 0.6 is 11.3 Å². The van der Waals surface area contributed by atoms with E-state index in [9.17, 15) is 14.4 Å². The van der Waals surface area contributed by atoms with Crippen molar-refractivity contribution < 1.29 is 14.4 Å². The largest absolute Gasteiger partial charge is 0.344 e. The van der Waals surface area contributed by atoms with Crippen molar-refractivity contribution in [1.29, 1.82) is 0 Å². The van der Waals surface area contributed by atoms with Crippen molar-refractivity contribution in [1.82, 2.24) is 15.2 Å². The zero-order chi connectivity index (χ0) is 19.0. The van der Waals surface area contributed by atoms with E-state index in [1.54, 1.807) is 12.1 Å². The molecule has 1 aromatic heterocycles. The topological polar surface area (TPSA) is 79.4 Å². The van der Waals surface area contributed by atoms with Gasteiger partial charge in [-0.15, -0.1) is 11.3 Å². The molecule has 6 nitrogen and oxygen atoms in total. The maximum atomic E-state index is 12.6. The number of amides is 3. The number of hydrogen-bond donors (Lipinski definition) is 1. The molecule has 1 aliphatic heterocycles. The Morgan fingerprint density at radius 2 is 1.92 bits per heavy atom. The van der Waals surface area contributed by atoms with E-state index in [2.05, 4.69) is 10.3 Å². The molecule has 3 amide bonds. The number of imide groups is 1. The second-order valence-corrected chi connectivity index (χ2v) is 7.55. The first kappa shape index (κ1) is 18.3. The fourth-order valence-corrected chi connectivity index (χ4v) is 3.62. The number of rotatable bonds is 5. The molecule has 1 aromatic carbocycles. The van der Waals surface area contributed by atoms with Crippen LogP contribution in [0.15, 0.2) is 23.6 Å². The summed E-state index contributed by atoms with van der Waals surface area (Å²) in [6, 6.07) is 4.23. The number of nitrogens with one attached hydrogen (secondary N) is 1. The summed E-state index contributed by atoms with van der Waals surface area (Å²) >= 11 is 1.53. The van der Waals surface area contributed by atoms with E-state index in [0.29, 0.717) is 23.1 Å². The molecular weight excluding hydrogens is 350 g/mol. The zero-order valence-electron chi connectivity index (χ0n) is 15.2. The van der Waals surface area contributed by atoms with Crippen LogP contribution in [0, 0.1) is 6.92 Å². The summed E-state index contributed by atoms with van der Waals surface area (Å²) in [7, 11) is 0. The summed E-state index contributed by atoms with van der Waals surface area (Å²) in [6.45, 7) is 7.54. The van der Waals surface area contributed by atoms with Gasteiger partial charge in [-0.25, -0.2) is 4.98 Å². The first-order valence-electron chi connectivity index (χ1n) is 8.58. The number of hydrogen-bond acceptors (Lipinski definition) is 5. The van der Waals surface area contributed by atoms with Gasteiger partial charge < -0.3 is 5.32 Å². The highest BCUT2D eigenvalue weighted by molar-refractivity contribution is 7.09. The molecule has 0 radical (unpaired) electrons. The second-order valence-electron chi connectivity index (χ2n) is 6.48. The van der Waals surface area contributed by atoms with Crippen LogP contribution in [0.5, 0.6) is 0 Å². The molecule has 3 rings (SSSR count). The van der Waals surface area contributed by atoms with Crippen LogP contribution in [0.25, 0.3) is 0 Å². The van der Waals surface area contributed by atoms with E-state index in [4.69, 9.17) is 0 Å². The third-order valence-electron chi connectivity index (χ3n) is 4.64. The molecule has 2 aromatic rings. The Kier molecular flexibility index (Phi) is 4.91. The number of nitrogens with zero attached hydrogens (tertiary/aromatic N) is 2. The average Bonchev–Trinajstić information content (AvgIpc) is 3.16. The van der Waals surface area contributed by atoms with Crippen LogP contribution < -0.4 is 5.32 Å². The van der Waals surface area contributed by atoms with Gasteiger partial charge in [0.1, 0.15) is 0 Å². The summed E-state index contributed by atoms with van der Waals surface area (Å²) in [5, 5.41) is 5.73. The van der Waals surface area contributed by atoms with Crippen molar-refractivity contribution >= 4 is 29.1 Å². The lowest BCUT2D eigenvalue weighted by atomic mass is 10.0. The molecule has 0 spiro atoms. The lowest BCUT2D eigenvalue weighted by Gasteiger charge is -2.20. The molecule has 26 heavy (non-hydrogen) atoms. The molecule has 0 saturated carbocycles. The molecule has 1 N–H and O–H groups in total. The Labute approximate surface area is 156 Å². The van der Waals surface area contributed by atoms with Gasteiger partial charge in [-0.3, -0.25) is 19.3 Å². The highest BCUT2D eigenvalue weighted by Crippen LogP contribution is 2.27. The number of carbonyl (C=O) groups is 3. The first-order chi connectivity index (χ1) is 12.3. The Hall–Kier alpha value is -2.54. The number of benzene rings is 1. The molecule has 1 aliphatic rings. The molecule has 0 bridgehead atoms. The van der Waals surface area contributed by atoms with Crippen molar-refractivity contribution in [3.05, 3.63) is 51.0 Å². The smallest absolute Gasteiger partial charge is 0.261 e. The molecule has 0 fully saturated rings. The fourth-order valence-electron chi connectivity index (χ4n) is 2.92. The first-order valence-corrected chi connectivity index (χ1v) is 9.46. The third kappa shape index (κ3) is 3.14. The fraction of sp³-hybridized carbons (Fsp3) is 0.368. The van der Waals surface area contributed by atoms with Gasteiger partial charge in [0.25, 0.3) is 17.7 Å². The predicted octanol–water partition coefficient (Wildman–Crippen LogP) is 3.34. The van der Waals surface area contributed by atoms with Crippen LogP contribution in [-0.2, 0) is 0 Å². The minimum absolute atomic E-state index is 0.174. The lowest BCUT2D eigenvalue weighted by Crippen LogP contribution is -2.37. The molecule has 0 aliphatic carbocycles. The van der Waals surface area contributed by atoms with Gasteiger partial charge in [-0.1, -0.05) is 6.92 Å². The third-order valence-corrected chi connectivity index (χ3v) is 5.43. The maximum absolute atomic E-state index is 12.6. The zero-order valence-corrected chi connectivity index (χ0v) is 16.0. The van der Waals surface area contributed by atoms with E-state index >= 15 is 0 Å². The van der Waals surface area contributed by atoms with Gasteiger partial charge in [0, 0.05) is 17.0 Å². The molecule has 0 saturated heterocycles. The van der Waals surface area contributed by atoms with Crippen LogP contribution in [0.4, 0.5) is 0 Å². The van der Waals surface area contributed by atoms with E-state index < -0.39 is 0 Å². The van der Waals surface area contributed by atoms with E-state index in [1.165, 1.54) is 22.3 Å². The van der Waals surface area contributed by atoms with Gasteiger partial charge in [-0.2, -0.15) is 0 Å². The lowest BCUT2D eigenvalue weighted by molar-refractivity contribution is 0.0593. The summed E-state index contributed by atoms with van der Waals surface area (Å²) in [4.78, 5) is 43.2. The van der Waals surface area contributed by atoms with Crippen molar-refractivity contribution in [3.8, 4) is 0 Å². The number of thiazole rings is 1. The number of fused-ring (bicyclic) bond motifs is 1. The number of aromatic nitrogens is 1. The Morgan fingerprint density at radius 1 is 1.23 bits per heavy atom. The summed E-state index contributed by atoms with van der Waals surface area (Å²) in [5.41, 5.74) is 1.81. The maximum Gasteiger partial charge on any atom is 0.261 e. The van der Waals surface area contributed by atoms with Crippen LogP contribution in [0.2, 0.25) is 0 Å². The monoisotopic (exact) mass is 371 g/mol. The van der Waals surface area contributed by atoms with Gasteiger partial charge in [-0.05, 0) is 45.4 Å². The summed E-state index contributed by atoms with van der Waals surface area (Å²) < 4.78 is 0. The highest BCUT2D eigenvalue weighted by Gasteiger charge is 2.38. The summed E-state index contributed by atoms with van der Waals surface area (Å²) in [5.74, 6) is -0.928. The van der Waals surface area contributed by atoms with Crippen molar-refractivity contribution in [2.24, 2.45) is 0 Å². The molecular formula is C19H21N3O3S. The van der Waals surface area contributed by atoms with Gasteiger partial charge in [0.2, 0.25) is 0 Å². The van der Waals surface area contributed by atoms with Gasteiger partial charge >= 0.3 is 0 Å². The number of carbonyl (C=O) groups excluding carboxylic acids is 3. The highest BCUT2D eigenvalue weighted by atomic mass is 32.1. The Morgan fingerprint density at radius 3 is 2.54 bits per heavy atom. The van der Waals surface area contributed by atoms with Gasteiger partial charge in [0.15, 0.2) is 0 Å². The van der Waals surface area contributed by atoms with Crippen molar-refractivity contribution in [2.45, 2.75) is 46.2 Å². The number of aryl methyl sites for hydroxylation is 1. The van der Waals surface area contributed by atoms with E-state index in [-0.39, 0.29) is 29.8 Å². The second kappa shape index (κ2) is 6.99. The molecule has 2 atom stereocenters. The van der Waals surface area contributed by atoms with Crippen LogP contribution in [0.3, 0.4) is 0 Å². The Bertz CT molecular complexity index is 890. The van der Waals surface area contributed by atoms with E-state index in [1.807, 2.05) is 33.1 Å². The standard InChI is InChI=1S/C19H21N3O3S/c1-5-10(2)22-18(24)14-7-6-13(8-15(14)19(22)25)17(23)20-11(3)16-9-26-12(4)21-16/h6-11H,5H2,1-4H3,(H,20,23). The van der Waals surface area contributed by atoms with Crippen molar-refractivity contribution in [3.63, 3.8) is 0 Å². The molecule has 2 heterocycles. The van der Waals surface area contributed by atoms with E-state index in [0.717, 1.165) is 10.7 Å². The predicted molar refractivity (Wildman–Crippen MR) is 99.4 cm³/mol. The molecule has 7 heteroatoms. The van der Waals surface area contributed by atoms with Crippen molar-refractivity contribution in [2.75, 3.05) is 0 Å². The quantitative estimate of drug-likeness (QED) is 0.818. The summed E-state index contributed by atoms with van der Waals surface area (Å²) in [6.07, 6.45) is 0.684. The van der Waals surface area contributed by atoms with Crippen LogP contribution in [0.1, 0.15) is 75.0 Å². The molecule has 2 unspecified atom stereocenters. The minimum Gasteiger partial charge on any atom is -0.344 e. The van der Waals surface area contributed by atoms with Gasteiger partial charge in [0.05, 0.1) is 27.9 Å². The average molecular weight is 371 g/mol. The Balaban J connectivity index is 1.82. The minimum atomic E-state index is -0.336. The normalized spacial score (nSPS) is 15.8.